The molecule has 1 aliphatic rings. The summed E-state index contributed by atoms with van der Waals surface area (Å²) in [4.78, 5) is 2.16. The first-order chi connectivity index (χ1) is 12.9. The Bertz CT molecular complexity index is 752. The first-order valence-corrected chi connectivity index (χ1v) is 10.3. The van der Waals surface area contributed by atoms with E-state index in [0.717, 1.165) is 62.3 Å². The summed E-state index contributed by atoms with van der Waals surface area (Å²) in [5, 5.41) is 10.1. The predicted molar refractivity (Wildman–Crippen MR) is 111 cm³/mol. The van der Waals surface area contributed by atoms with Crippen LogP contribution in [0.3, 0.4) is 0 Å². The van der Waals surface area contributed by atoms with Crippen molar-refractivity contribution >= 4 is 45.7 Å². The minimum Gasteiger partial charge on any atom is -0.370 e. The molecule has 0 aliphatic carbocycles. The van der Waals surface area contributed by atoms with Crippen molar-refractivity contribution in [2.45, 2.75) is 38.3 Å². The highest BCUT2D eigenvalue weighted by Crippen LogP contribution is 2.36. The lowest BCUT2D eigenvalue weighted by atomic mass is 10.1. The van der Waals surface area contributed by atoms with E-state index in [1.807, 2.05) is 16.8 Å². The second-order valence-electron chi connectivity index (χ2n) is 6.58. The smallest absolute Gasteiger partial charge is 0.370 e. The SMILES string of the molecule is FC(F)(F)c1ccc(N2CCCCCCC2)c(NC(=S)Nc2ccsc2)c1. The maximum atomic E-state index is 13.2. The Balaban J connectivity index is 1.85. The van der Waals surface area contributed by atoms with E-state index >= 15 is 0 Å². The third kappa shape index (κ3) is 5.59. The van der Waals surface area contributed by atoms with E-state index < -0.39 is 11.7 Å². The third-order valence-corrected chi connectivity index (χ3v) is 5.44. The number of thiocarbonyl (C=S) groups is 1. The number of benzene rings is 1. The summed E-state index contributed by atoms with van der Waals surface area (Å²) in [6, 6.07) is 5.72. The Labute approximate surface area is 166 Å². The number of thiophene rings is 1. The van der Waals surface area contributed by atoms with Gasteiger partial charge in [0.1, 0.15) is 0 Å². The molecule has 1 aliphatic heterocycles. The zero-order chi connectivity index (χ0) is 19.3. The number of anilines is 3. The minimum absolute atomic E-state index is 0.279. The highest BCUT2D eigenvalue weighted by molar-refractivity contribution is 7.80. The summed E-state index contributed by atoms with van der Waals surface area (Å²) in [6.07, 6.45) is 1.21. The molecule has 3 nitrogen and oxygen atoms in total. The summed E-state index contributed by atoms with van der Waals surface area (Å²) in [5.41, 5.74) is 1.29. The van der Waals surface area contributed by atoms with Gasteiger partial charge in [0, 0.05) is 18.5 Å². The Kier molecular flexibility index (Phi) is 6.59. The van der Waals surface area contributed by atoms with Gasteiger partial charge in [0.15, 0.2) is 5.11 Å². The fraction of sp³-hybridized carbons (Fsp3) is 0.421. The highest BCUT2D eigenvalue weighted by atomic mass is 32.1. The molecule has 0 atom stereocenters. The number of hydrogen-bond acceptors (Lipinski definition) is 3. The zero-order valence-corrected chi connectivity index (χ0v) is 16.4. The maximum Gasteiger partial charge on any atom is 0.416 e. The predicted octanol–water partition coefficient (Wildman–Crippen LogP) is 6.35. The van der Waals surface area contributed by atoms with Crippen LogP contribution in [0.1, 0.15) is 37.7 Å². The van der Waals surface area contributed by atoms with E-state index in [2.05, 4.69) is 15.5 Å². The maximum absolute atomic E-state index is 13.2. The van der Waals surface area contributed by atoms with Gasteiger partial charge < -0.3 is 15.5 Å². The lowest BCUT2D eigenvalue weighted by molar-refractivity contribution is -0.137. The van der Waals surface area contributed by atoms with Crippen LogP contribution < -0.4 is 15.5 Å². The zero-order valence-electron chi connectivity index (χ0n) is 14.8. The van der Waals surface area contributed by atoms with Gasteiger partial charge in [-0.2, -0.15) is 24.5 Å². The minimum atomic E-state index is -4.40. The van der Waals surface area contributed by atoms with E-state index in [-0.39, 0.29) is 5.11 Å². The van der Waals surface area contributed by atoms with Gasteiger partial charge in [-0.1, -0.05) is 19.3 Å². The molecule has 2 aromatic rings. The molecule has 1 saturated heterocycles. The van der Waals surface area contributed by atoms with Gasteiger partial charge in [-0.15, -0.1) is 0 Å². The second kappa shape index (κ2) is 8.93. The summed E-state index contributed by atoms with van der Waals surface area (Å²) in [5.74, 6) is 0. The van der Waals surface area contributed by atoms with Crippen molar-refractivity contribution in [2.75, 3.05) is 28.6 Å². The standard InChI is InChI=1S/C19H22F3N3S2/c20-19(21,22)14-6-7-17(25-9-4-2-1-3-5-10-25)16(12-14)24-18(26)23-15-8-11-27-13-15/h6-8,11-13H,1-5,9-10H2,(H2,23,24,26). The molecule has 2 heterocycles. The largest absolute Gasteiger partial charge is 0.416 e. The number of nitrogens with zero attached hydrogens (tertiary/aromatic N) is 1. The van der Waals surface area contributed by atoms with E-state index in [4.69, 9.17) is 12.2 Å². The first-order valence-electron chi connectivity index (χ1n) is 9.00. The molecule has 0 spiro atoms. The van der Waals surface area contributed by atoms with E-state index in [1.54, 1.807) is 6.07 Å². The van der Waals surface area contributed by atoms with E-state index in [0.29, 0.717) is 5.69 Å². The van der Waals surface area contributed by atoms with Crippen LogP contribution in [-0.2, 0) is 6.18 Å². The average molecular weight is 414 g/mol. The second-order valence-corrected chi connectivity index (χ2v) is 7.76. The molecule has 0 amide bonds. The van der Waals surface area contributed by atoms with Crippen LogP contribution in [0.25, 0.3) is 0 Å². The number of nitrogens with one attached hydrogen (secondary N) is 2. The number of alkyl halides is 3. The first kappa shape index (κ1) is 19.9. The average Bonchev–Trinajstić information content (AvgIpc) is 3.07. The summed E-state index contributed by atoms with van der Waals surface area (Å²) in [6.45, 7) is 1.68. The van der Waals surface area contributed by atoms with Gasteiger partial charge in [0.25, 0.3) is 0 Å². The molecule has 0 radical (unpaired) electrons. The molecule has 0 saturated carbocycles. The molecule has 0 bridgehead atoms. The van der Waals surface area contributed by atoms with Crippen molar-refractivity contribution in [3.63, 3.8) is 0 Å². The Hall–Kier alpha value is -1.80. The van der Waals surface area contributed by atoms with Gasteiger partial charge >= 0.3 is 6.18 Å². The van der Waals surface area contributed by atoms with Crippen LogP contribution in [0.4, 0.5) is 30.2 Å². The van der Waals surface area contributed by atoms with Crippen molar-refractivity contribution < 1.29 is 13.2 Å². The molecular formula is C19H22F3N3S2. The van der Waals surface area contributed by atoms with Crippen LogP contribution in [-0.4, -0.2) is 18.2 Å². The molecular weight excluding hydrogens is 391 g/mol. The third-order valence-electron chi connectivity index (χ3n) is 4.55. The fourth-order valence-electron chi connectivity index (χ4n) is 3.20. The van der Waals surface area contributed by atoms with Crippen LogP contribution in [0.15, 0.2) is 35.0 Å². The lowest BCUT2D eigenvalue weighted by Gasteiger charge is -2.29. The molecule has 1 fully saturated rings. The quantitative estimate of drug-likeness (QED) is 0.574. The monoisotopic (exact) mass is 413 g/mol. The molecule has 8 heteroatoms. The van der Waals surface area contributed by atoms with E-state index in [1.165, 1.54) is 17.8 Å². The lowest BCUT2D eigenvalue weighted by Crippen LogP contribution is -2.29. The van der Waals surface area contributed by atoms with Gasteiger partial charge in [-0.05, 0) is 54.7 Å². The number of hydrogen-bond donors (Lipinski definition) is 2. The van der Waals surface area contributed by atoms with Crippen LogP contribution in [0.2, 0.25) is 0 Å². The van der Waals surface area contributed by atoms with Gasteiger partial charge in [-0.3, -0.25) is 0 Å². The van der Waals surface area contributed by atoms with Crippen molar-refractivity contribution in [1.82, 2.24) is 0 Å². The normalized spacial score (nSPS) is 15.7. The van der Waals surface area contributed by atoms with Crippen LogP contribution in [0.5, 0.6) is 0 Å². The summed E-state index contributed by atoms with van der Waals surface area (Å²) < 4.78 is 39.6. The van der Waals surface area contributed by atoms with Crippen LogP contribution in [0, 0.1) is 0 Å². The highest BCUT2D eigenvalue weighted by Gasteiger charge is 2.31. The van der Waals surface area contributed by atoms with Gasteiger partial charge in [-0.25, -0.2) is 0 Å². The summed E-state index contributed by atoms with van der Waals surface area (Å²) in [7, 11) is 0. The molecule has 0 unspecified atom stereocenters. The van der Waals surface area contributed by atoms with Gasteiger partial charge in [0.2, 0.25) is 0 Å². The Morgan fingerprint density at radius 3 is 2.33 bits per heavy atom. The Morgan fingerprint density at radius 1 is 1.00 bits per heavy atom. The summed E-state index contributed by atoms with van der Waals surface area (Å²) >= 11 is 6.83. The fourth-order valence-corrected chi connectivity index (χ4v) is 4.01. The van der Waals surface area contributed by atoms with Crippen LogP contribution >= 0.6 is 23.6 Å². The number of halogens is 3. The van der Waals surface area contributed by atoms with E-state index in [9.17, 15) is 13.2 Å². The molecule has 1 aromatic heterocycles. The van der Waals surface area contributed by atoms with Gasteiger partial charge in [0.05, 0.1) is 22.6 Å². The molecule has 27 heavy (non-hydrogen) atoms. The molecule has 1 aromatic carbocycles. The topological polar surface area (TPSA) is 27.3 Å². The Morgan fingerprint density at radius 2 is 1.70 bits per heavy atom. The molecule has 2 N–H and O–H groups in total. The number of rotatable bonds is 3. The molecule has 146 valence electrons. The molecule has 3 rings (SSSR count). The van der Waals surface area contributed by atoms with Crippen molar-refractivity contribution in [2.24, 2.45) is 0 Å². The van der Waals surface area contributed by atoms with Crippen molar-refractivity contribution in [3.8, 4) is 0 Å². The van der Waals surface area contributed by atoms with Crippen molar-refractivity contribution in [1.29, 1.82) is 0 Å². The van der Waals surface area contributed by atoms with Crippen molar-refractivity contribution in [3.05, 3.63) is 40.6 Å².